The minimum atomic E-state index is -3.82. The summed E-state index contributed by atoms with van der Waals surface area (Å²) in [4.78, 5) is 37.5. The summed E-state index contributed by atoms with van der Waals surface area (Å²) in [5.41, 5.74) is 7.15. The molecule has 3 heterocycles. The third-order valence-electron chi connectivity index (χ3n) is 8.26. The second-order valence-electron chi connectivity index (χ2n) is 12.2. The number of anilines is 1. The Hall–Kier alpha value is -3.27. The molecule has 1 aliphatic heterocycles. The number of carbonyl (C=O) groups is 2. The number of nitrogens with one attached hydrogen (secondary N) is 2. The summed E-state index contributed by atoms with van der Waals surface area (Å²) in [6.45, 7) is 10.5. The Kier molecular flexibility index (Phi) is 11.6. The third kappa shape index (κ3) is 8.47. The van der Waals surface area contributed by atoms with Crippen molar-refractivity contribution in [1.82, 2.24) is 29.9 Å². The topological polar surface area (TPSA) is 191 Å². The standard InChI is InChI=1S/C31H44N7O8PS/c1-6-42-26-22-25(36-29(32)37-26)38(18-34-22)27-19(3)21-23(45-27)24(21)46-47(41,35-17-20-11-9-8-10-12-20)44-15-16-48-28(39)31(4,5)13-14-33-30(40)43-7-2/h8-12,18-19,21,23-24,27H,6-7,13-17H2,1-5H3,(H,33,40)(H,35,41)(H2,32,36,37)/t19-,21?,23-,24?,27+,47?/m0/s1. The molecule has 1 saturated carbocycles. The van der Waals surface area contributed by atoms with E-state index in [0.29, 0.717) is 36.6 Å². The van der Waals surface area contributed by atoms with E-state index in [9.17, 15) is 14.2 Å². The van der Waals surface area contributed by atoms with Gasteiger partial charge in [0.25, 0.3) is 0 Å². The molecule has 2 aromatic heterocycles. The minimum absolute atomic E-state index is 0.0119. The van der Waals surface area contributed by atoms with Gasteiger partial charge in [-0.25, -0.2) is 19.4 Å². The summed E-state index contributed by atoms with van der Waals surface area (Å²) in [7, 11) is -3.82. The molecule has 1 saturated heterocycles. The predicted octanol–water partition coefficient (Wildman–Crippen LogP) is 4.69. The molecule has 0 spiro atoms. The van der Waals surface area contributed by atoms with Crippen molar-refractivity contribution in [3.05, 3.63) is 42.2 Å². The Balaban J connectivity index is 1.18. The molecule has 1 aromatic carbocycles. The van der Waals surface area contributed by atoms with Gasteiger partial charge in [-0.05, 0) is 25.8 Å². The average molecular weight is 706 g/mol. The van der Waals surface area contributed by atoms with E-state index in [1.165, 1.54) is 0 Å². The van der Waals surface area contributed by atoms with Gasteiger partial charge in [-0.15, -0.1) is 0 Å². The maximum Gasteiger partial charge on any atom is 0.407 e. The van der Waals surface area contributed by atoms with E-state index < -0.39 is 31.6 Å². The second-order valence-corrected chi connectivity index (χ2v) is 15.1. The summed E-state index contributed by atoms with van der Waals surface area (Å²) >= 11 is 1.09. The number of nitrogens with zero attached hydrogens (tertiary/aromatic N) is 4. The molecule has 15 nitrogen and oxygen atoms in total. The number of imidazole rings is 1. The van der Waals surface area contributed by atoms with Gasteiger partial charge in [-0.3, -0.25) is 18.4 Å². The molecule has 0 bridgehead atoms. The van der Waals surface area contributed by atoms with Gasteiger partial charge < -0.3 is 25.3 Å². The molecule has 2 fully saturated rings. The molecule has 3 unspecified atom stereocenters. The molecule has 17 heteroatoms. The highest BCUT2D eigenvalue weighted by molar-refractivity contribution is 8.13. The molecule has 1 amide bonds. The number of alkyl carbamates (subject to hydrolysis) is 1. The molecule has 48 heavy (non-hydrogen) atoms. The quantitative estimate of drug-likeness (QED) is 0.129. The lowest BCUT2D eigenvalue weighted by Crippen LogP contribution is -2.31. The van der Waals surface area contributed by atoms with Crippen molar-refractivity contribution in [3.63, 3.8) is 0 Å². The van der Waals surface area contributed by atoms with Gasteiger partial charge in [0, 0.05) is 36.1 Å². The summed E-state index contributed by atoms with van der Waals surface area (Å²) in [5, 5.41) is 5.57. The highest BCUT2D eigenvalue weighted by Crippen LogP contribution is 2.61. The number of hydrogen-bond acceptors (Lipinski definition) is 13. The van der Waals surface area contributed by atoms with E-state index in [1.54, 1.807) is 13.3 Å². The van der Waals surface area contributed by atoms with Gasteiger partial charge in [0.2, 0.25) is 11.8 Å². The largest absolute Gasteiger partial charge is 0.476 e. The number of thioether (sulfide) groups is 1. The fraction of sp³-hybridized carbons (Fsp3) is 0.581. The number of fused-ring (bicyclic) bond motifs is 2. The molecular formula is C31H44N7O8PS. The van der Waals surface area contributed by atoms with Crippen LogP contribution in [-0.2, 0) is 34.4 Å². The summed E-state index contributed by atoms with van der Waals surface area (Å²) in [6.07, 6.45) is 0.384. The van der Waals surface area contributed by atoms with Gasteiger partial charge in [-0.1, -0.05) is 62.9 Å². The van der Waals surface area contributed by atoms with Crippen LogP contribution in [0.25, 0.3) is 11.2 Å². The molecule has 4 N–H and O–H groups in total. The Morgan fingerprint density at radius 2 is 1.94 bits per heavy atom. The fourth-order valence-corrected chi connectivity index (χ4v) is 8.09. The SMILES string of the molecule is CCOC(=O)NCCC(C)(C)C(=O)SCCOP(=O)(NCc1ccccc1)OC1C2[C@@H]1O[C@@H](n1cnc3c(OCC)nc(N)nc31)[C@H]2C. The van der Waals surface area contributed by atoms with E-state index in [-0.39, 0.29) is 54.5 Å². The van der Waals surface area contributed by atoms with Gasteiger partial charge in [-0.2, -0.15) is 9.97 Å². The highest BCUT2D eigenvalue weighted by Gasteiger charge is 2.65. The van der Waals surface area contributed by atoms with E-state index in [4.69, 9.17) is 29.0 Å². The number of hydrogen-bond donors (Lipinski definition) is 3. The van der Waals surface area contributed by atoms with Crippen LogP contribution >= 0.6 is 19.5 Å². The van der Waals surface area contributed by atoms with Crippen LogP contribution in [0.4, 0.5) is 10.7 Å². The Morgan fingerprint density at radius 1 is 1.17 bits per heavy atom. The normalized spacial score (nSPS) is 23.0. The van der Waals surface area contributed by atoms with Crippen LogP contribution in [-0.4, -0.2) is 75.1 Å². The second kappa shape index (κ2) is 15.5. The molecule has 2 aliphatic rings. The molecule has 3 aromatic rings. The van der Waals surface area contributed by atoms with Crippen LogP contribution < -0.4 is 20.9 Å². The first-order chi connectivity index (χ1) is 23.0. The molecule has 0 radical (unpaired) electrons. The average Bonchev–Trinajstić information content (AvgIpc) is 3.34. The van der Waals surface area contributed by atoms with E-state index in [0.717, 1.165) is 17.3 Å². The van der Waals surface area contributed by atoms with Gasteiger partial charge in [0.1, 0.15) is 12.3 Å². The molecule has 6 atom stereocenters. The van der Waals surface area contributed by atoms with Crippen molar-refractivity contribution < 1.29 is 37.4 Å². The predicted molar refractivity (Wildman–Crippen MR) is 180 cm³/mol. The van der Waals surface area contributed by atoms with Crippen molar-refractivity contribution in [3.8, 4) is 5.88 Å². The lowest BCUT2D eigenvalue weighted by molar-refractivity contribution is -0.118. The number of rotatable bonds is 17. The van der Waals surface area contributed by atoms with Crippen LogP contribution in [0.2, 0.25) is 0 Å². The molecule has 5 rings (SSSR count). The first-order valence-corrected chi connectivity index (χ1v) is 18.6. The Morgan fingerprint density at radius 3 is 2.62 bits per heavy atom. The van der Waals surface area contributed by atoms with Crippen LogP contribution in [0.3, 0.4) is 0 Å². The van der Waals surface area contributed by atoms with Gasteiger partial charge in [0.05, 0.1) is 32.3 Å². The number of carbonyl (C=O) groups excluding carboxylic acids is 2. The van der Waals surface area contributed by atoms with Crippen LogP contribution in [0.1, 0.15) is 52.8 Å². The van der Waals surface area contributed by atoms with E-state index >= 15 is 0 Å². The third-order valence-corrected chi connectivity index (χ3v) is 11.0. The number of aromatic nitrogens is 4. The van der Waals surface area contributed by atoms with E-state index in [2.05, 4.69) is 25.4 Å². The number of nitrogens with two attached hydrogens (primary N) is 1. The summed E-state index contributed by atoms with van der Waals surface area (Å²) in [6, 6.07) is 9.52. The van der Waals surface area contributed by atoms with Crippen LogP contribution in [0.5, 0.6) is 5.88 Å². The van der Waals surface area contributed by atoms with Crippen LogP contribution in [0, 0.1) is 17.3 Å². The Bertz CT molecular complexity index is 1630. The summed E-state index contributed by atoms with van der Waals surface area (Å²) < 4.78 is 44.8. The first-order valence-electron chi connectivity index (χ1n) is 16.0. The number of benzene rings is 1. The van der Waals surface area contributed by atoms with Crippen molar-refractivity contribution in [2.45, 2.75) is 66.0 Å². The monoisotopic (exact) mass is 705 g/mol. The van der Waals surface area contributed by atoms with E-state index in [1.807, 2.05) is 62.6 Å². The van der Waals surface area contributed by atoms with Crippen molar-refractivity contribution in [2.24, 2.45) is 17.3 Å². The molecule has 262 valence electrons. The zero-order chi connectivity index (χ0) is 34.5. The maximum atomic E-state index is 14.1. The maximum absolute atomic E-state index is 14.1. The number of nitrogen functional groups attached to an aromatic ring is 1. The minimum Gasteiger partial charge on any atom is -0.476 e. The summed E-state index contributed by atoms with van der Waals surface area (Å²) in [5.74, 6) is 0.562. The van der Waals surface area contributed by atoms with Gasteiger partial charge in [0.15, 0.2) is 16.3 Å². The zero-order valence-electron chi connectivity index (χ0n) is 27.8. The highest BCUT2D eigenvalue weighted by atomic mass is 32.2. The molecule has 1 aliphatic carbocycles. The number of amides is 1. The van der Waals surface area contributed by atoms with Crippen LogP contribution in [0.15, 0.2) is 36.7 Å². The van der Waals surface area contributed by atoms with Crippen molar-refractivity contribution in [2.75, 3.05) is 37.9 Å². The zero-order valence-corrected chi connectivity index (χ0v) is 29.5. The fourth-order valence-electron chi connectivity index (χ4n) is 5.60. The van der Waals surface area contributed by atoms with Crippen molar-refractivity contribution in [1.29, 1.82) is 0 Å². The first kappa shape index (κ1) is 36.0. The smallest absolute Gasteiger partial charge is 0.407 e. The lowest BCUT2D eigenvalue weighted by atomic mass is 9.91. The lowest BCUT2D eigenvalue weighted by Gasteiger charge is -2.25. The Labute approximate surface area is 284 Å². The molecular weight excluding hydrogens is 661 g/mol. The number of ether oxygens (including phenoxy) is 3. The van der Waals surface area contributed by atoms with Crippen molar-refractivity contribution >= 4 is 47.8 Å². The van der Waals surface area contributed by atoms with Gasteiger partial charge >= 0.3 is 13.8 Å².